The van der Waals surface area contributed by atoms with Gasteiger partial charge in [0.2, 0.25) is 5.91 Å². The molecule has 2 aromatic carbocycles. The minimum atomic E-state index is -0.392. The van der Waals surface area contributed by atoms with E-state index in [1.807, 2.05) is 13.0 Å². The molecule has 0 unspecified atom stereocenters. The number of carbonyl (C=O) groups excluding carboxylic acids is 1. The Morgan fingerprint density at radius 3 is 2.42 bits per heavy atom. The van der Waals surface area contributed by atoms with Crippen molar-refractivity contribution in [3.8, 4) is 22.9 Å². The number of halogens is 1. The normalized spacial score (nSPS) is 10.6. The molecule has 1 amide bonds. The van der Waals surface area contributed by atoms with Gasteiger partial charge in [-0.2, -0.15) is 0 Å². The van der Waals surface area contributed by atoms with Crippen molar-refractivity contribution in [3.63, 3.8) is 0 Å². The third-order valence-electron chi connectivity index (χ3n) is 4.77. The average Bonchev–Trinajstić information content (AvgIpc) is 2.79. The summed E-state index contributed by atoms with van der Waals surface area (Å²) in [6.07, 6.45) is 0.565. The summed E-state index contributed by atoms with van der Waals surface area (Å²) in [4.78, 5) is 29.8. The molecule has 0 saturated heterocycles. The van der Waals surface area contributed by atoms with Gasteiger partial charge in [-0.15, -0.1) is 0 Å². The maximum atomic E-state index is 13.3. The van der Waals surface area contributed by atoms with Gasteiger partial charge in [0.1, 0.15) is 18.2 Å². The van der Waals surface area contributed by atoms with Crippen LogP contribution in [0.5, 0.6) is 11.5 Å². The number of amides is 1. The number of methoxy groups -OCH3 is 2. The highest BCUT2D eigenvalue weighted by Gasteiger charge is 2.14. The number of rotatable bonds is 8. The lowest BCUT2D eigenvalue weighted by Gasteiger charge is -2.14. The fourth-order valence-corrected chi connectivity index (χ4v) is 3.10. The van der Waals surface area contributed by atoms with Crippen molar-refractivity contribution in [1.82, 2.24) is 14.9 Å². The summed E-state index contributed by atoms with van der Waals surface area (Å²) in [6.45, 7) is 1.92. The fraction of sp³-hybridized carbons (Fsp3) is 0.261. The summed E-state index contributed by atoms with van der Waals surface area (Å²) in [5.41, 5.74) is 1.64. The molecule has 1 N–H and O–H groups in total. The van der Waals surface area contributed by atoms with Crippen molar-refractivity contribution in [3.05, 3.63) is 76.0 Å². The Kier molecular flexibility index (Phi) is 7.02. The topological polar surface area (TPSA) is 82.5 Å². The van der Waals surface area contributed by atoms with E-state index < -0.39 is 5.82 Å². The van der Waals surface area contributed by atoms with Crippen molar-refractivity contribution in [2.24, 2.45) is 0 Å². The van der Waals surface area contributed by atoms with Crippen molar-refractivity contribution < 1.29 is 18.7 Å². The Balaban J connectivity index is 1.81. The predicted molar refractivity (Wildman–Crippen MR) is 115 cm³/mol. The van der Waals surface area contributed by atoms with Crippen molar-refractivity contribution in [1.29, 1.82) is 0 Å². The second-order valence-corrected chi connectivity index (χ2v) is 6.82. The van der Waals surface area contributed by atoms with Gasteiger partial charge in [0.25, 0.3) is 5.56 Å². The van der Waals surface area contributed by atoms with Gasteiger partial charge in [-0.3, -0.25) is 14.2 Å². The smallest absolute Gasteiger partial charge is 0.254 e. The van der Waals surface area contributed by atoms with Gasteiger partial charge < -0.3 is 14.8 Å². The van der Waals surface area contributed by atoms with Crippen LogP contribution in [0.1, 0.15) is 18.2 Å². The molecule has 0 radical (unpaired) electrons. The summed E-state index contributed by atoms with van der Waals surface area (Å²) >= 11 is 0. The largest absolute Gasteiger partial charge is 0.493 e. The number of hydrogen-bond donors (Lipinski definition) is 1. The Hall–Kier alpha value is -3.68. The van der Waals surface area contributed by atoms with Crippen LogP contribution in [-0.4, -0.2) is 29.7 Å². The van der Waals surface area contributed by atoms with Gasteiger partial charge in [0.15, 0.2) is 11.5 Å². The van der Waals surface area contributed by atoms with E-state index in [-0.39, 0.29) is 24.6 Å². The molecule has 3 aromatic rings. The van der Waals surface area contributed by atoms with Gasteiger partial charge in [-0.25, -0.2) is 9.37 Å². The molecular formula is C23H24FN3O4. The first-order chi connectivity index (χ1) is 14.9. The van der Waals surface area contributed by atoms with E-state index in [0.29, 0.717) is 35.0 Å². The van der Waals surface area contributed by atoms with Gasteiger partial charge >= 0.3 is 0 Å². The van der Waals surface area contributed by atoms with Crippen molar-refractivity contribution >= 4 is 5.91 Å². The zero-order valence-electron chi connectivity index (χ0n) is 17.6. The number of aromatic nitrogens is 2. The Morgan fingerprint density at radius 1 is 1.06 bits per heavy atom. The molecule has 0 aliphatic rings. The second-order valence-electron chi connectivity index (χ2n) is 6.82. The lowest BCUT2D eigenvalue weighted by atomic mass is 10.2. The molecule has 0 aliphatic heterocycles. The van der Waals surface area contributed by atoms with E-state index in [9.17, 15) is 14.0 Å². The van der Waals surface area contributed by atoms with Crippen molar-refractivity contribution in [2.75, 3.05) is 14.2 Å². The van der Waals surface area contributed by atoms with Gasteiger partial charge in [0, 0.05) is 23.9 Å². The van der Waals surface area contributed by atoms with Crippen LogP contribution < -0.4 is 20.3 Å². The molecule has 3 rings (SSSR count). The molecule has 0 bridgehead atoms. The van der Waals surface area contributed by atoms with Gasteiger partial charge in [0.05, 0.1) is 14.2 Å². The number of aryl methyl sites for hydroxylation is 1. The van der Waals surface area contributed by atoms with Crippen LogP contribution in [0.4, 0.5) is 4.39 Å². The molecule has 7 nitrogen and oxygen atoms in total. The standard InChI is InChI=1S/C23H24FN3O4/c1-4-18-12-22(29)27(23(26-18)16-6-8-17(24)9-7-16)14-21(28)25-13-15-5-10-19(30-2)20(11-15)31-3/h5-12H,4,13-14H2,1-3H3,(H,25,28). The number of nitrogens with one attached hydrogen (secondary N) is 1. The summed E-state index contributed by atoms with van der Waals surface area (Å²) < 4.78 is 25.1. The third-order valence-corrected chi connectivity index (χ3v) is 4.77. The predicted octanol–water partition coefficient (Wildman–Crippen LogP) is 2.95. The minimum absolute atomic E-state index is 0.212. The summed E-state index contributed by atoms with van der Waals surface area (Å²) in [7, 11) is 3.09. The molecule has 162 valence electrons. The van der Waals surface area contributed by atoms with E-state index >= 15 is 0 Å². The van der Waals surface area contributed by atoms with Crippen LogP contribution in [0.15, 0.2) is 53.3 Å². The monoisotopic (exact) mass is 425 g/mol. The van der Waals surface area contributed by atoms with Gasteiger partial charge in [-0.1, -0.05) is 13.0 Å². The number of carbonyl (C=O) groups is 1. The first kappa shape index (κ1) is 22.0. The van der Waals surface area contributed by atoms with Crippen LogP contribution in [0, 0.1) is 5.82 Å². The molecule has 8 heteroatoms. The quantitative estimate of drug-likeness (QED) is 0.600. The number of nitrogens with zero attached hydrogens (tertiary/aromatic N) is 2. The number of ether oxygens (including phenoxy) is 2. The molecule has 31 heavy (non-hydrogen) atoms. The van der Waals surface area contributed by atoms with Crippen LogP contribution in [0.3, 0.4) is 0 Å². The number of benzene rings is 2. The average molecular weight is 425 g/mol. The molecule has 0 aliphatic carbocycles. The van der Waals surface area contributed by atoms with Gasteiger partial charge in [-0.05, 0) is 48.4 Å². The van der Waals surface area contributed by atoms with E-state index in [4.69, 9.17) is 9.47 Å². The maximum absolute atomic E-state index is 13.3. The third kappa shape index (κ3) is 5.28. The minimum Gasteiger partial charge on any atom is -0.493 e. The van der Waals surface area contributed by atoms with Crippen LogP contribution in [-0.2, 0) is 24.3 Å². The van der Waals surface area contributed by atoms with Crippen LogP contribution in [0.2, 0.25) is 0 Å². The first-order valence-electron chi connectivity index (χ1n) is 9.79. The van der Waals surface area contributed by atoms with Crippen molar-refractivity contribution in [2.45, 2.75) is 26.4 Å². The van der Waals surface area contributed by atoms with E-state index in [1.165, 1.54) is 42.0 Å². The van der Waals surface area contributed by atoms with Crippen LogP contribution in [0.25, 0.3) is 11.4 Å². The highest BCUT2D eigenvalue weighted by atomic mass is 19.1. The summed E-state index contributed by atoms with van der Waals surface area (Å²) in [5.74, 6) is 0.729. The lowest BCUT2D eigenvalue weighted by Crippen LogP contribution is -2.33. The Bertz CT molecular complexity index is 1130. The molecule has 0 spiro atoms. The first-order valence-corrected chi connectivity index (χ1v) is 9.79. The number of hydrogen-bond acceptors (Lipinski definition) is 5. The maximum Gasteiger partial charge on any atom is 0.254 e. The molecule has 1 heterocycles. The lowest BCUT2D eigenvalue weighted by molar-refractivity contribution is -0.121. The molecule has 1 aromatic heterocycles. The zero-order chi connectivity index (χ0) is 22.4. The van der Waals surface area contributed by atoms with E-state index in [0.717, 1.165) is 5.56 Å². The highest BCUT2D eigenvalue weighted by molar-refractivity contribution is 5.76. The van der Waals surface area contributed by atoms with E-state index in [2.05, 4.69) is 10.3 Å². The molecule has 0 fully saturated rings. The SMILES string of the molecule is CCc1cc(=O)n(CC(=O)NCc2ccc(OC)c(OC)c2)c(-c2ccc(F)cc2)n1. The Labute approximate surface area is 179 Å². The van der Waals surface area contributed by atoms with E-state index in [1.54, 1.807) is 19.2 Å². The summed E-state index contributed by atoms with van der Waals surface area (Å²) in [6, 6.07) is 12.4. The Morgan fingerprint density at radius 2 is 1.77 bits per heavy atom. The molecular weight excluding hydrogens is 401 g/mol. The zero-order valence-corrected chi connectivity index (χ0v) is 17.6. The molecule has 0 atom stereocenters. The fourth-order valence-electron chi connectivity index (χ4n) is 3.10. The highest BCUT2D eigenvalue weighted by Crippen LogP contribution is 2.27. The molecule has 0 saturated carbocycles. The van der Waals surface area contributed by atoms with Crippen LogP contribution >= 0.6 is 0 Å². The second kappa shape index (κ2) is 9.88. The summed E-state index contributed by atoms with van der Waals surface area (Å²) in [5, 5.41) is 2.80.